The van der Waals surface area contributed by atoms with Gasteiger partial charge in [0.15, 0.2) is 0 Å². The summed E-state index contributed by atoms with van der Waals surface area (Å²) in [5.74, 6) is 0.341. The number of tetrazole rings is 1. The Hall–Kier alpha value is -2.15. The molecule has 0 saturated heterocycles. The summed E-state index contributed by atoms with van der Waals surface area (Å²) in [5, 5.41) is 14.4. The minimum absolute atomic E-state index is 0.154. The van der Waals surface area contributed by atoms with Crippen LogP contribution in [0.5, 0.6) is 5.75 Å². The molecule has 0 atom stereocenters. The van der Waals surface area contributed by atoms with Crippen molar-refractivity contribution in [2.24, 2.45) is 0 Å². The lowest BCUT2D eigenvalue weighted by Crippen LogP contribution is -2.13. The van der Waals surface area contributed by atoms with Crippen molar-refractivity contribution in [3.8, 4) is 5.75 Å². The van der Waals surface area contributed by atoms with Crippen molar-refractivity contribution in [2.75, 3.05) is 11.9 Å². The van der Waals surface area contributed by atoms with Crippen LogP contribution in [0.3, 0.4) is 0 Å². The fraction of sp³-hybridized carbons (Fsp3) is 0.333. The van der Waals surface area contributed by atoms with Gasteiger partial charge in [0, 0.05) is 5.56 Å². The molecule has 0 radical (unpaired) electrons. The van der Waals surface area contributed by atoms with E-state index in [9.17, 15) is 4.79 Å². The Balaban J connectivity index is 2.10. The molecule has 20 heavy (non-hydrogen) atoms. The number of anilines is 1. The smallest absolute Gasteiger partial charge is 0.270 e. The molecular weight excluding hydrogens is 282 g/mol. The van der Waals surface area contributed by atoms with E-state index in [1.54, 1.807) is 12.1 Å². The van der Waals surface area contributed by atoms with Crippen LogP contribution in [-0.2, 0) is 6.54 Å². The zero-order valence-corrected chi connectivity index (χ0v) is 11.9. The Labute approximate surface area is 120 Å². The lowest BCUT2D eigenvalue weighted by molar-refractivity contribution is 0.102. The highest BCUT2D eigenvalue weighted by Crippen LogP contribution is 2.25. The van der Waals surface area contributed by atoms with Crippen LogP contribution in [0, 0.1) is 0 Å². The standard InChI is InChI=1S/C12H14ClN5O2/c1-3-18-16-12(15-17-18)14-11(19)8-5-6-10(20-4-2)9(13)7-8/h5-7H,3-4H2,1-2H3,(H,14,16,19). The van der Waals surface area contributed by atoms with Crippen LogP contribution in [0.2, 0.25) is 5.02 Å². The van der Waals surface area contributed by atoms with Crippen molar-refractivity contribution in [2.45, 2.75) is 20.4 Å². The van der Waals surface area contributed by atoms with Crippen LogP contribution in [0.4, 0.5) is 5.95 Å². The first-order chi connectivity index (χ1) is 9.63. The Kier molecular flexibility index (Phi) is 4.52. The molecule has 8 heteroatoms. The number of amides is 1. The lowest BCUT2D eigenvalue weighted by atomic mass is 10.2. The summed E-state index contributed by atoms with van der Waals surface area (Å²) >= 11 is 6.03. The number of nitrogens with one attached hydrogen (secondary N) is 1. The summed E-state index contributed by atoms with van der Waals surface area (Å²) in [6.45, 7) is 4.83. The molecule has 1 N–H and O–H groups in total. The number of ether oxygens (including phenoxy) is 1. The first-order valence-electron chi connectivity index (χ1n) is 6.15. The fourth-order valence-electron chi connectivity index (χ4n) is 1.52. The predicted molar refractivity (Wildman–Crippen MR) is 74.1 cm³/mol. The molecule has 0 aliphatic carbocycles. The SMILES string of the molecule is CCOc1ccc(C(=O)Nc2nnn(CC)n2)cc1Cl. The van der Waals surface area contributed by atoms with Gasteiger partial charge >= 0.3 is 0 Å². The van der Waals surface area contributed by atoms with Gasteiger partial charge in [0.2, 0.25) is 0 Å². The van der Waals surface area contributed by atoms with Crippen LogP contribution >= 0.6 is 11.6 Å². The molecule has 0 unspecified atom stereocenters. The third-order valence-electron chi connectivity index (χ3n) is 2.45. The molecule has 1 amide bonds. The number of nitrogens with zero attached hydrogens (tertiary/aromatic N) is 4. The van der Waals surface area contributed by atoms with E-state index in [0.29, 0.717) is 29.5 Å². The molecule has 0 bridgehead atoms. The highest BCUT2D eigenvalue weighted by Gasteiger charge is 2.12. The molecule has 7 nitrogen and oxygen atoms in total. The molecule has 1 heterocycles. The highest BCUT2D eigenvalue weighted by atomic mass is 35.5. The van der Waals surface area contributed by atoms with E-state index in [4.69, 9.17) is 16.3 Å². The Morgan fingerprint density at radius 3 is 2.85 bits per heavy atom. The van der Waals surface area contributed by atoms with Gasteiger partial charge < -0.3 is 4.74 Å². The molecule has 0 aliphatic heterocycles. The molecule has 0 fully saturated rings. The van der Waals surface area contributed by atoms with E-state index < -0.39 is 0 Å². The summed E-state index contributed by atoms with van der Waals surface area (Å²) < 4.78 is 5.31. The molecule has 0 aliphatic rings. The number of hydrogen-bond donors (Lipinski definition) is 1. The average Bonchev–Trinajstić information content (AvgIpc) is 2.89. The Morgan fingerprint density at radius 1 is 1.45 bits per heavy atom. The van der Waals surface area contributed by atoms with Gasteiger partial charge in [0.05, 0.1) is 18.2 Å². The number of benzene rings is 1. The van der Waals surface area contributed by atoms with Gasteiger partial charge in [0.1, 0.15) is 5.75 Å². The minimum atomic E-state index is -0.356. The van der Waals surface area contributed by atoms with Crippen molar-refractivity contribution in [1.29, 1.82) is 0 Å². The maximum Gasteiger partial charge on any atom is 0.270 e. The molecule has 106 valence electrons. The molecule has 2 aromatic rings. The molecule has 2 rings (SSSR count). The van der Waals surface area contributed by atoms with Crippen LogP contribution in [-0.4, -0.2) is 32.7 Å². The van der Waals surface area contributed by atoms with E-state index in [-0.39, 0.29) is 11.9 Å². The number of halogens is 1. The average molecular weight is 296 g/mol. The zero-order valence-electron chi connectivity index (χ0n) is 11.1. The number of carbonyl (C=O) groups is 1. The van der Waals surface area contributed by atoms with Crippen molar-refractivity contribution >= 4 is 23.5 Å². The molecule has 1 aromatic heterocycles. The van der Waals surface area contributed by atoms with E-state index >= 15 is 0 Å². The van der Waals surface area contributed by atoms with E-state index in [1.807, 2.05) is 13.8 Å². The second-order valence-corrected chi connectivity index (χ2v) is 4.24. The number of aryl methyl sites for hydroxylation is 1. The third kappa shape index (κ3) is 3.24. The number of hydrogen-bond acceptors (Lipinski definition) is 5. The highest BCUT2D eigenvalue weighted by molar-refractivity contribution is 6.32. The van der Waals surface area contributed by atoms with Crippen molar-refractivity contribution < 1.29 is 9.53 Å². The van der Waals surface area contributed by atoms with E-state index in [1.165, 1.54) is 10.9 Å². The first kappa shape index (κ1) is 14.3. The number of carbonyl (C=O) groups excluding carboxylic acids is 1. The van der Waals surface area contributed by atoms with Gasteiger partial charge in [-0.3, -0.25) is 10.1 Å². The summed E-state index contributed by atoms with van der Waals surface area (Å²) in [4.78, 5) is 13.4. The maximum absolute atomic E-state index is 12.0. The largest absolute Gasteiger partial charge is 0.492 e. The van der Waals surface area contributed by atoms with E-state index in [2.05, 4.69) is 20.7 Å². The summed E-state index contributed by atoms with van der Waals surface area (Å²) in [6, 6.07) is 4.81. The first-order valence-corrected chi connectivity index (χ1v) is 6.53. The zero-order chi connectivity index (χ0) is 14.5. The summed E-state index contributed by atoms with van der Waals surface area (Å²) in [7, 11) is 0. The number of rotatable bonds is 5. The Morgan fingerprint density at radius 2 is 2.25 bits per heavy atom. The summed E-state index contributed by atoms with van der Waals surface area (Å²) in [5.41, 5.74) is 0.395. The van der Waals surface area contributed by atoms with Crippen LogP contribution in [0.15, 0.2) is 18.2 Å². The molecule has 1 aromatic carbocycles. The predicted octanol–water partition coefficient (Wildman–Crippen LogP) is 2.00. The summed E-state index contributed by atoms with van der Waals surface area (Å²) in [6.07, 6.45) is 0. The lowest BCUT2D eigenvalue weighted by Gasteiger charge is -2.07. The van der Waals surface area contributed by atoms with Crippen molar-refractivity contribution in [1.82, 2.24) is 20.2 Å². The van der Waals surface area contributed by atoms with Crippen molar-refractivity contribution in [3.05, 3.63) is 28.8 Å². The fourth-order valence-corrected chi connectivity index (χ4v) is 1.75. The third-order valence-corrected chi connectivity index (χ3v) is 2.75. The monoisotopic (exact) mass is 295 g/mol. The second-order valence-electron chi connectivity index (χ2n) is 3.83. The van der Waals surface area contributed by atoms with E-state index in [0.717, 1.165) is 0 Å². The normalized spacial score (nSPS) is 10.3. The quantitative estimate of drug-likeness (QED) is 0.912. The van der Waals surface area contributed by atoms with Gasteiger partial charge in [-0.15, -0.1) is 5.10 Å². The van der Waals surface area contributed by atoms with Crippen molar-refractivity contribution in [3.63, 3.8) is 0 Å². The van der Waals surface area contributed by atoms with Crippen LogP contribution < -0.4 is 10.1 Å². The van der Waals surface area contributed by atoms with Crippen LogP contribution in [0.25, 0.3) is 0 Å². The van der Waals surface area contributed by atoms with Gasteiger partial charge in [-0.2, -0.15) is 4.80 Å². The van der Waals surface area contributed by atoms with Gasteiger partial charge in [-0.25, -0.2) is 0 Å². The van der Waals surface area contributed by atoms with Gasteiger partial charge in [-0.05, 0) is 37.3 Å². The van der Waals surface area contributed by atoms with Gasteiger partial charge in [0.25, 0.3) is 11.9 Å². The van der Waals surface area contributed by atoms with Crippen LogP contribution in [0.1, 0.15) is 24.2 Å². The number of aromatic nitrogens is 4. The molecule has 0 spiro atoms. The Bertz CT molecular complexity index is 614. The second kappa shape index (κ2) is 6.33. The molecular formula is C12H14ClN5O2. The topological polar surface area (TPSA) is 81.9 Å². The molecule has 0 saturated carbocycles. The maximum atomic E-state index is 12.0. The minimum Gasteiger partial charge on any atom is -0.492 e. The van der Waals surface area contributed by atoms with Gasteiger partial charge in [-0.1, -0.05) is 16.7 Å².